The minimum Gasteiger partial charge on any atom is -0.496 e. The Hall–Kier alpha value is -2.09. The van der Waals surface area contributed by atoms with Gasteiger partial charge in [-0.05, 0) is 61.6 Å². The van der Waals surface area contributed by atoms with Crippen molar-refractivity contribution in [2.45, 2.75) is 56.6 Å². The fourth-order valence-corrected chi connectivity index (χ4v) is 4.68. The Bertz CT molecular complexity index is 904. The summed E-state index contributed by atoms with van der Waals surface area (Å²) in [5.74, 6) is 0.609. The van der Waals surface area contributed by atoms with Crippen LogP contribution in [0.2, 0.25) is 0 Å². The smallest absolute Gasteiger partial charge is 0.421 e. The molecule has 0 radical (unpaired) electrons. The van der Waals surface area contributed by atoms with E-state index >= 15 is 0 Å². The maximum Gasteiger partial charge on any atom is 0.421 e. The number of piperidine rings is 1. The minimum absolute atomic E-state index is 0.0380. The van der Waals surface area contributed by atoms with Crippen molar-refractivity contribution in [3.8, 4) is 5.75 Å². The van der Waals surface area contributed by atoms with Gasteiger partial charge < -0.3 is 20.1 Å². The lowest BCUT2D eigenvalue weighted by molar-refractivity contribution is -0.281. The quantitative estimate of drug-likeness (QED) is 0.720. The highest BCUT2D eigenvalue weighted by Crippen LogP contribution is 2.46. The Labute approximate surface area is 181 Å². The summed E-state index contributed by atoms with van der Waals surface area (Å²) in [5.41, 5.74) is 0.425. The van der Waals surface area contributed by atoms with Gasteiger partial charge in [-0.2, -0.15) is 13.2 Å². The molecule has 2 N–H and O–H groups in total. The number of alkyl halides is 3. The second kappa shape index (κ2) is 8.81. The Morgan fingerprint density at radius 1 is 1.23 bits per heavy atom. The van der Waals surface area contributed by atoms with Crippen molar-refractivity contribution in [2.75, 3.05) is 20.3 Å². The lowest BCUT2D eigenvalue weighted by atomic mass is 9.85. The molecule has 3 atom stereocenters. The summed E-state index contributed by atoms with van der Waals surface area (Å²) < 4.78 is 52.4. The van der Waals surface area contributed by atoms with E-state index in [1.807, 2.05) is 18.2 Å². The summed E-state index contributed by atoms with van der Waals surface area (Å²) >= 11 is 0. The summed E-state index contributed by atoms with van der Waals surface area (Å²) in [4.78, 5) is 0. The van der Waals surface area contributed by atoms with Crippen LogP contribution < -0.4 is 15.4 Å². The summed E-state index contributed by atoms with van der Waals surface area (Å²) in [7, 11) is 1.56. The molecule has 1 fully saturated rings. The van der Waals surface area contributed by atoms with Gasteiger partial charge in [0, 0.05) is 24.2 Å². The average molecular weight is 435 g/mol. The van der Waals surface area contributed by atoms with Gasteiger partial charge in [-0.3, -0.25) is 0 Å². The van der Waals surface area contributed by atoms with E-state index in [2.05, 4.69) is 22.8 Å². The molecule has 2 aliphatic rings. The van der Waals surface area contributed by atoms with Crippen LogP contribution in [-0.4, -0.2) is 32.5 Å². The van der Waals surface area contributed by atoms with Crippen LogP contribution in [0, 0.1) is 0 Å². The van der Waals surface area contributed by atoms with Crippen LogP contribution in [-0.2, 0) is 23.3 Å². The number of ether oxygens (including phenoxy) is 2. The Morgan fingerprint density at radius 2 is 2.00 bits per heavy atom. The predicted octanol–water partition coefficient (Wildman–Crippen LogP) is 4.63. The number of fused-ring (bicyclic) bond motifs is 1. The maximum absolute atomic E-state index is 13.9. The van der Waals surface area contributed by atoms with Gasteiger partial charge in [0.25, 0.3) is 0 Å². The van der Waals surface area contributed by atoms with Crippen LogP contribution in [0.1, 0.15) is 48.1 Å². The maximum atomic E-state index is 13.9. The highest BCUT2D eigenvalue weighted by atomic mass is 19.4. The lowest BCUT2D eigenvalue weighted by Gasteiger charge is -2.38. The largest absolute Gasteiger partial charge is 0.496 e. The molecule has 1 saturated heterocycles. The fourth-order valence-electron chi connectivity index (χ4n) is 4.68. The van der Waals surface area contributed by atoms with Gasteiger partial charge in [0.05, 0.1) is 13.7 Å². The molecule has 2 heterocycles. The molecule has 7 heteroatoms. The number of hydrogen-bond donors (Lipinski definition) is 2. The Kier molecular flexibility index (Phi) is 6.28. The normalized spacial score (nSPS) is 26.4. The molecular formula is C24H29F3N2O2. The van der Waals surface area contributed by atoms with Gasteiger partial charge in [-0.1, -0.05) is 30.3 Å². The van der Waals surface area contributed by atoms with Crippen LogP contribution in [0.4, 0.5) is 13.2 Å². The summed E-state index contributed by atoms with van der Waals surface area (Å²) in [6, 6.07) is 13.9. The zero-order valence-corrected chi connectivity index (χ0v) is 17.9. The molecule has 4 nitrogen and oxygen atoms in total. The second-order valence-corrected chi connectivity index (χ2v) is 8.42. The first-order valence-electron chi connectivity index (χ1n) is 10.8. The van der Waals surface area contributed by atoms with Crippen molar-refractivity contribution in [1.29, 1.82) is 0 Å². The van der Waals surface area contributed by atoms with Gasteiger partial charge in [-0.15, -0.1) is 0 Å². The number of hydrogen-bond acceptors (Lipinski definition) is 4. The average Bonchev–Trinajstić information content (AvgIpc) is 2.77. The molecule has 31 heavy (non-hydrogen) atoms. The van der Waals surface area contributed by atoms with E-state index in [0.29, 0.717) is 29.8 Å². The third kappa shape index (κ3) is 4.31. The van der Waals surface area contributed by atoms with Crippen molar-refractivity contribution in [3.05, 3.63) is 64.7 Å². The molecule has 0 spiro atoms. The molecule has 0 bridgehead atoms. The number of methoxy groups -OCH3 is 1. The second-order valence-electron chi connectivity index (χ2n) is 8.42. The minimum atomic E-state index is -4.49. The number of halogens is 3. The highest BCUT2D eigenvalue weighted by Gasteiger charge is 2.55. The van der Waals surface area contributed by atoms with Gasteiger partial charge >= 0.3 is 6.18 Å². The molecule has 0 aromatic heterocycles. The molecule has 0 aliphatic carbocycles. The van der Waals surface area contributed by atoms with E-state index in [1.54, 1.807) is 19.2 Å². The van der Waals surface area contributed by atoms with E-state index in [1.165, 1.54) is 5.56 Å². The molecular weight excluding hydrogens is 405 g/mol. The number of benzene rings is 2. The topological polar surface area (TPSA) is 42.5 Å². The van der Waals surface area contributed by atoms with E-state index in [9.17, 15) is 13.2 Å². The van der Waals surface area contributed by atoms with Crippen molar-refractivity contribution in [3.63, 3.8) is 0 Å². The van der Waals surface area contributed by atoms with E-state index in [0.717, 1.165) is 26.3 Å². The number of rotatable bonds is 5. The van der Waals surface area contributed by atoms with Crippen LogP contribution >= 0.6 is 0 Å². The zero-order chi connectivity index (χ0) is 22.1. The van der Waals surface area contributed by atoms with Gasteiger partial charge in [0.2, 0.25) is 0 Å². The molecule has 0 saturated carbocycles. The summed E-state index contributed by atoms with van der Waals surface area (Å²) in [6.07, 6.45) is -2.02. The van der Waals surface area contributed by atoms with Crippen LogP contribution in [0.25, 0.3) is 0 Å². The first-order valence-corrected chi connectivity index (χ1v) is 10.8. The van der Waals surface area contributed by atoms with Crippen molar-refractivity contribution < 1.29 is 22.6 Å². The Balaban J connectivity index is 1.60. The van der Waals surface area contributed by atoms with Gasteiger partial charge in [0.1, 0.15) is 5.75 Å². The van der Waals surface area contributed by atoms with Crippen molar-refractivity contribution >= 4 is 0 Å². The van der Waals surface area contributed by atoms with E-state index in [4.69, 9.17) is 9.47 Å². The van der Waals surface area contributed by atoms with Gasteiger partial charge in [0.15, 0.2) is 5.60 Å². The first-order chi connectivity index (χ1) is 14.8. The standard InChI is InChI=1S/C24H29F3N2O2/c1-23(24(25,26)27)19-13-18(21(30-2)14-17(19)10-12-31-23)15-29-20-9-6-11-28-22(20)16-7-4-3-5-8-16/h3-5,7-8,13-14,20,22,28-29H,6,9-12,15H2,1-2H3/t20-,22-,23+/m0/s1. The molecule has 2 aromatic rings. The molecule has 0 amide bonds. The van der Waals surface area contributed by atoms with Crippen molar-refractivity contribution in [2.24, 2.45) is 0 Å². The van der Waals surface area contributed by atoms with Gasteiger partial charge in [-0.25, -0.2) is 0 Å². The van der Waals surface area contributed by atoms with Crippen LogP contribution in [0.5, 0.6) is 5.75 Å². The third-order valence-electron chi connectivity index (χ3n) is 6.50. The van der Waals surface area contributed by atoms with Crippen LogP contribution in [0.3, 0.4) is 0 Å². The van der Waals surface area contributed by atoms with E-state index in [-0.39, 0.29) is 24.3 Å². The van der Waals surface area contributed by atoms with E-state index < -0.39 is 11.8 Å². The predicted molar refractivity (Wildman–Crippen MR) is 113 cm³/mol. The summed E-state index contributed by atoms with van der Waals surface area (Å²) in [5, 5.41) is 7.14. The highest BCUT2D eigenvalue weighted by molar-refractivity contribution is 5.47. The van der Waals surface area contributed by atoms with Crippen molar-refractivity contribution in [1.82, 2.24) is 10.6 Å². The summed E-state index contributed by atoms with van der Waals surface area (Å²) in [6.45, 7) is 2.52. The SMILES string of the molecule is COc1cc2c(cc1CN[C@H]1CCCN[C@H]1c1ccccc1)[C@](C)(C(F)(F)F)OCC2. The molecule has 168 valence electrons. The fraction of sp³-hybridized carbons (Fsp3) is 0.500. The number of nitrogens with one attached hydrogen (secondary N) is 2. The zero-order valence-electron chi connectivity index (χ0n) is 17.9. The Morgan fingerprint density at radius 3 is 2.71 bits per heavy atom. The molecule has 0 unspecified atom stereocenters. The monoisotopic (exact) mass is 434 g/mol. The molecule has 2 aliphatic heterocycles. The third-order valence-corrected chi connectivity index (χ3v) is 6.50. The molecule has 2 aromatic carbocycles. The first kappa shape index (κ1) is 22.1. The van der Waals surface area contributed by atoms with Crippen LogP contribution in [0.15, 0.2) is 42.5 Å². The lowest BCUT2D eigenvalue weighted by Crippen LogP contribution is -2.46. The molecule has 4 rings (SSSR count).